The first-order valence-corrected chi connectivity index (χ1v) is 6.60. The van der Waals surface area contributed by atoms with Crippen molar-refractivity contribution in [2.45, 2.75) is 6.92 Å². The van der Waals surface area contributed by atoms with Gasteiger partial charge >= 0.3 is 0 Å². The molecule has 0 spiro atoms. The normalized spacial score (nSPS) is 10.8. The molecule has 0 atom stereocenters. The molecule has 4 heteroatoms. The van der Waals surface area contributed by atoms with Crippen LogP contribution in [0.25, 0.3) is 12.2 Å². The number of methoxy groups -OCH3 is 1. The van der Waals surface area contributed by atoms with Gasteiger partial charge in [0.05, 0.1) is 13.7 Å². The van der Waals surface area contributed by atoms with Gasteiger partial charge in [-0.05, 0) is 30.7 Å². The van der Waals surface area contributed by atoms with E-state index in [1.54, 1.807) is 24.6 Å². The summed E-state index contributed by atoms with van der Waals surface area (Å²) >= 11 is 1.61. The van der Waals surface area contributed by atoms with E-state index in [1.165, 1.54) is 0 Å². The number of aromatic nitrogens is 1. The molecular formula is C14H15NO2S. The summed E-state index contributed by atoms with van der Waals surface area (Å²) in [7, 11) is 1.65. The smallest absolute Gasteiger partial charge is 0.161 e. The molecule has 0 amide bonds. The van der Waals surface area contributed by atoms with Crippen molar-refractivity contribution in [1.29, 1.82) is 0 Å². The van der Waals surface area contributed by atoms with Crippen molar-refractivity contribution < 1.29 is 9.47 Å². The molecule has 18 heavy (non-hydrogen) atoms. The van der Waals surface area contributed by atoms with E-state index in [-0.39, 0.29) is 0 Å². The molecule has 0 saturated carbocycles. The van der Waals surface area contributed by atoms with Gasteiger partial charge in [0.25, 0.3) is 0 Å². The highest BCUT2D eigenvalue weighted by Crippen LogP contribution is 2.28. The number of thiazole rings is 1. The van der Waals surface area contributed by atoms with Gasteiger partial charge < -0.3 is 9.47 Å². The minimum absolute atomic E-state index is 0.630. The Morgan fingerprint density at radius 1 is 1.28 bits per heavy atom. The molecule has 0 N–H and O–H groups in total. The molecule has 1 heterocycles. The van der Waals surface area contributed by atoms with E-state index >= 15 is 0 Å². The van der Waals surface area contributed by atoms with E-state index in [1.807, 2.05) is 42.7 Å². The van der Waals surface area contributed by atoms with Crippen LogP contribution in [0.15, 0.2) is 29.8 Å². The van der Waals surface area contributed by atoms with Crippen LogP contribution in [0.1, 0.15) is 17.5 Å². The van der Waals surface area contributed by atoms with Gasteiger partial charge in [-0.2, -0.15) is 0 Å². The molecular weight excluding hydrogens is 246 g/mol. The Hall–Kier alpha value is -1.81. The summed E-state index contributed by atoms with van der Waals surface area (Å²) in [5.41, 5.74) is 1.06. The number of ether oxygens (including phenoxy) is 2. The summed E-state index contributed by atoms with van der Waals surface area (Å²) in [6.07, 6.45) is 5.79. The van der Waals surface area contributed by atoms with E-state index in [0.717, 1.165) is 22.1 Å². The lowest BCUT2D eigenvalue weighted by Crippen LogP contribution is -1.95. The van der Waals surface area contributed by atoms with Crippen molar-refractivity contribution >= 4 is 23.5 Å². The Kier molecular flexibility index (Phi) is 4.36. The first kappa shape index (κ1) is 12.6. The predicted octanol–water partition coefficient (Wildman–Crippen LogP) is 3.72. The maximum atomic E-state index is 5.47. The Labute approximate surface area is 111 Å². The fourth-order valence-corrected chi connectivity index (χ4v) is 2.08. The molecule has 1 aromatic heterocycles. The number of hydrogen-bond donors (Lipinski definition) is 0. The van der Waals surface area contributed by atoms with E-state index in [4.69, 9.17) is 9.47 Å². The molecule has 0 saturated heterocycles. The second kappa shape index (κ2) is 6.21. The van der Waals surface area contributed by atoms with Crippen LogP contribution in [0, 0.1) is 0 Å². The third-order valence-corrected chi connectivity index (χ3v) is 3.10. The number of nitrogens with zero attached hydrogens (tertiary/aromatic N) is 1. The van der Waals surface area contributed by atoms with Crippen molar-refractivity contribution in [3.63, 3.8) is 0 Å². The van der Waals surface area contributed by atoms with E-state index in [9.17, 15) is 0 Å². The van der Waals surface area contributed by atoms with Crippen molar-refractivity contribution in [2.24, 2.45) is 0 Å². The topological polar surface area (TPSA) is 31.4 Å². The fraction of sp³-hybridized carbons (Fsp3) is 0.214. The molecule has 3 nitrogen and oxygen atoms in total. The highest BCUT2D eigenvalue weighted by Gasteiger charge is 2.03. The summed E-state index contributed by atoms with van der Waals surface area (Å²) in [5, 5.41) is 2.95. The average Bonchev–Trinajstić information content (AvgIpc) is 2.91. The van der Waals surface area contributed by atoms with Gasteiger partial charge in [-0.1, -0.05) is 12.1 Å². The minimum Gasteiger partial charge on any atom is -0.493 e. The predicted molar refractivity (Wildman–Crippen MR) is 75.2 cm³/mol. The molecule has 0 radical (unpaired) electrons. The first-order chi connectivity index (χ1) is 8.83. The molecule has 0 aliphatic heterocycles. The SMILES string of the molecule is CCOc1ccc(C=Cc2nccs2)cc1OC. The fourth-order valence-electron chi connectivity index (χ4n) is 1.55. The van der Waals surface area contributed by atoms with Crippen LogP contribution >= 0.6 is 11.3 Å². The maximum Gasteiger partial charge on any atom is 0.161 e. The first-order valence-electron chi connectivity index (χ1n) is 5.72. The molecule has 0 aliphatic rings. The molecule has 0 aliphatic carbocycles. The van der Waals surface area contributed by atoms with E-state index < -0.39 is 0 Å². The molecule has 0 fully saturated rings. The second-order valence-corrected chi connectivity index (χ2v) is 4.47. The van der Waals surface area contributed by atoms with Gasteiger partial charge in [0.2, 0.25) is 0 Å². The standard InChI is InChI=1S/C14H15NO2S/c1-3-17-12-6-4-11(10-13(12)16-2)5-7-14-15-8-9-18-14/h4-10H,3H2,1-2H3. The molecule has 1 aromatic carbocycles. The summed E-state index contributed by atoms with van der Waals surface area (Å²) < 4.78 is 10.8. The second-order valence-electron chi connectivity index (χ2n) is 3.55. The van der Waals surface area contributed by atoms with Crippen LogP contribution in [0.2, 0.25) is 0 Å². The summed E-state index contributed by atoms with van der Waals surface area (Å²) in [6.45, 7) is 2.58. The third-order valence-electron chi connectivity index (χ3n) is 2.36. The quantitative estimate of drug-likeness (QED) is 0.822. The van der Waals surface area contributed by atoms with Gasteiger partial charge in [-0.25, -0.2) is 4.98 Å². The molecule has 0 unspecified atom stereocenters. The van der Waals surface area contributed by atoms with E-state index in [0.29, 0.717) is 6.61 Å². The van der Waals surface area contributed by atoms with Crippen LogP contribution in [-0.4, -0.2) is 18.7 Å². The lowest BCUT2D eigenvalue weighted by atomic mass is 10.2. The monoisotopic (exact) mass is 261 g/mol. The highest BCUT2D eigenvalue weighted by atomic mass is 32.1. The number of benzene rings is 1. The average molecular weight is 261 g/mol. The maximum absolute atomic E-state index is 5.47. The van der Waals surface area contributed by atoms with Crippen molar-refractivity contribution in [1.82, 2.24) is 4.98 Å². The van der Waals surface area contributed by atoms with Gasteiger partial charge in [0.1, 0.15) is 5.01 Å². The Bertz CT molecular complexity index is 521. The van der Waals surface area contributed by atoms with Crippen LogP contribution in [0.4, 0.5) is 0 Å². The van der Waals surface area contributed by atoms with Gasteiger partial charge in [0, 0.05) is 11.6 Å². The number of rotatable bonds is 5. The summed E-state index contributed by atoms with van der Waals surface area (Å²) in [4.78, 5) is 4.20. The highest BCUT2D eigenvalue weighted by molar-refractivity contribution is 7.10. The van der Waals surface area contributed by atoms with Crippen LogP contribution in [0.5, 0.6) is 11.5 Å². The van der Waals surface area contributed by atoms with Crippen molar-refractivity contribution in [2.75, 3.05) is 13.7 Å². The minimum atomic E-state index is 0.630. The Morgan fingerprint density at radius 3 is 2.83 bits per heavy atom. The molecule has 0 bridgehead atoms. The largest absolute Gasteiger partial charge is 0.493 e. The van der Waals surface area contributed by atoms with Gasteiger partial charge in [0.15, 0.2) is 11.5 Å². The van der Waals surface area contributed by atoms with Crippen molar-refractivity contribution in [3.05, 3.63) is 40.3 Å². The lowest BCUT2D eigenvalue weighted by Gasteiger charge is -2.09. The van der Waals surface area contributed by atoms with Crippen molar-refractivity contribution in [3.8, 4) is 11.5 Å². The number of hydrogen-bond acceptors (Lipinski definition) is 4. The Morgan fingerprint density at radius 2 is 2.17 bits per heavy atom. The van der Waals surface area contributed by atoms with Gasteiger partial charge in [-0.3, -0.25) is 0 Å². The molecule has 94 valence electrons. The van der Waals surface area contributed by atoms with Crippen LogP contribution in [0.3, 0.4) is 0 Å². The van der Waals surface area contributed by atoms with Crippen LogP contribution in [-0.2, 0) is 0 Å². The lowest BCUT2D eigenvalue weighted by molar-refractivity contribution is 0.311. The molecule has 2 aromatic rings. The summed E-state index contributed by atoms with van der Waals surface area (Å²) in [6, 6.07) is 5.87. The Balaban J connectivity index is 2.19. The summed E-state index contributed by atoms with van der Waals surface area (Å²) in [5.74, 6) is 1.52. The zero-order valence-electron chi connectivity index (χ0n) is 10.4. The van der Waals surface area contributed by atoms with E-state index in [2.05, 4.69) is 4.98 Å². The zero-order valence-corrected chi connectivity index (χ0v) is 11.2. The van der Waals surface area contributed by atoms with Gasteiger partial charge in [-0.15, -0.1) is 11.3 Å². The molecule has 2 rings (SSSR count). The third kappa shape index (κ3) is 3.11. The zero-order chi connectivity index (χ0) is 12.8. The van der Waals surface area contributed by atoms with Crippen LogP contribution < -0.4 is 9.47 Å².